The average molecular weight is 238 g/mol. The smallest absolute Gasteiger partial charge is 0.123 e. The van der Waals surface area contributed by atoms with E-state index in [-0.39, 0.29) is 11.9 Å². The summed E-state index contributed by atoms with van der Waals surface area (Å²) >= 11 is 0. The summed E-state index contributed by atoms with van der Waals surface area (Å²) in [6.07, 6.45) is 3.31. The highest BCUT2D eigenvalue weighted by Crippen LogP contribution is 2.39. The van der Waals surface area contributed by atoms with Crippen molar-refractivity contribution in [1.29, 1.82) is 0 Å². The molecule has 0 aliphatic heterocycles. The van der Waals surface area contributed by atoms with Crippen LogP contribution < -0.4 is 0 Å². The van der Waals surface area contributed by atoms with Crippen LogP contribution in [-0.4, -0.2) is 18.3 Å². The minimum atomic E-state index is -0.813. The first-order chi connectivity index (χ1) is 8.05. The molecule has 0 bridgehead atoms. The molecule has 0 radical (unpaired) electrons. The van der Waals surface area contributed by atoms with Gasteiger partial charge in [-0.25, -0.2) is 4.39 Å². The Morgan fingerprint density at radius 3 is 2.53 bits per heavy atom. The lowest BCUT2D eigenvalue weighted by Gasteiger charge is -2.36. The van der Waals surface area contributed by atoms with Gasteiger partial charge in [-0.2, -0.15) is 0 Å². The van der Waals surface area contributed by atoms with Gasteiger partial charge in [-0.15, -0.1) is 0 Å². The van der Waals surface area contributed by atoms with E-state index in [0.29, 0.717) is 12.8 Å². The van der Waals surface area contributed by atoms with Crippen LogP contribution in [0.25, 0.3) is 0 Å². The van der Waals surface area contributed by atoms with Gasteiger partial charge in [0.15, 0.2) is 0 Å². The second-order valence-corrected chi connectivity index (χ2v) is 4.93. The molecule has 17 heavy (non-hydrogen) atoms. The van der Waals surface area contributed by atoms with Crippen LogP contribution in [0, 0.1) is 12.7 Å². The van der Waals surface area contributed by atoms with Crippen molar-refractivity contribution in [2.24, 2.45) is 0 Å². The normalized spacial score (nSPS) is 29.3. The molecule has 0 aromatic heterocycles. The van der Waals surface area contributed by atoms with Crippen LogP contribution in [0.4, 0.5) is 4.39 Å². The summed E-state index contributed by atoms with van der Waals surface area (Å²) in [5.41, 5.74) is 0.865. The summed E-state index contributed by atoms with van der Waals surface area (Å²) in [6.45, 7) is 1.85. The number of benzene rings is 1. The lowest BCUT2D eigenvalue weighted by atomic mass is 9.77. The third-order valence-corrected chi connectivity index (χ3v) is 3.78. The molecular weight excluding hydrogens is 219 g/mol. The van der Waals surface area contributed by atoms with Gasteiger partial charge < -0.3 is 9.84 Å². The molecule has 2 rings (SSSR count). The maximum absolute atomic E-state index is 13.1. The SMILES string of the molecule is COC1CCC(O)(c2ccc(F)cc2C)CC1. The van der Waals surface area contributed by atoms with Crippen molar-refractivity contribution in [2.45, 2.75) is 44.3 Å². The van der Waals surface area contributed by atoms with E-state index in [1.165, 1.54) is 12.1 Å². The predicted molar refractivity (Wildman–Crippen MR) is 64.3 cm³/mol. The summed E-state index contributed by atoms with van der Waals surface area (Å²) in [5, 5.41) is 10.6. The van der Waals surface area contributed by atoms with Gasteiger partial charge in [0.05, 0.1) is 11.7 Å². The first-order valence-corrected chi connectivity index (χ1v) is 6.07. The highest BCUT2D eigenvalue weighted by atomic mass is 19.1. The average Bonchev–Trinajstić information content (AvgIpc) is 2.29. The van der Waals surface area contributed by atoms with Crippen LogP contribution in [-0.2, 0) is 10.3 Å². The summed E-state index contributed by atoms with van der Waals surface area (Å²) in [6, 6.07) is 4.61. The number of hydrogen-bond donors (Lipinski definition) is 1. The fourth-order valence-electron chi connectivity index (χ4n) is 2.72. The van der Waals surface area contributed by atoms with E-state index in [9.17, 15) is 9.50 Å². The van der Waals surface area contributed by atoms with Gasteiger partial charge in [0, 0.05) is 7.11 Å². The molecule has 2 nitrogen and oxygen atoms in total. The zero-order chi connectivity index (χ0) is 12.5. The maximum atomic E-state index is 13.1. The van der Waals surface area contributed by atoms with Crippen LogP contribution in [0.1, 0.15) is 36.8 Å². The number of aliphatic hydroxyl groups is 1. The van der Waals surface area contributed by atoms with Crippen molar-refractivity contribution in [3.05, 3.63) is 35.1 Å². The Balaban J connectivity index is 2.21. The molecule has 1 aromatic rings. The maximum Gasteiger partial charge on any atom is 0.123 e. The van der Waals surface area contributed by atoms with E-state index in [2.05, 4.69) is 0 Å². The number of methoxy groups -OCH3 is 1. The van der Waals surface area contributed by atoms with Gasteiger partial charge in [0.1, 0.15) is 5.82 Å². The Bertz CT molecular complexity index is 395. The van der Waals surface area contributed by atoms with Gasteiger partial charge >= 0.3 is 0 Å². The Hall–Kier alpha value is -0.930. The van der Waals surface area contributed by atoms with Gasteiger partial charge in [-0.3, -0.25) is 0 Å². The first kappa shape index (κ1) is 12.5. The molecule has 0 saturated heterocycles. The van der Waals surface area contributed by atoms with Crippen molar-refractivity contribution in [1.82, 2.24) is 0 Å². The van der Waals surface area contributed by atoms with E-state index in [1.54, 1.807) is 13.2 Å². The van der Waals surface area contributed by atoms with Crippen LogP contribution in [0.2, 0.25) is 0 Å². The van der Waals surface area contributed by atoms with Crippen LogP contribution >= 0.6 is 0 Å². The summed E-state index contributed by atoms with van der Waals surface area (Å²) in [5.74, 6) is -0.250. The standard InChI is InChI=1S/C14H19FO2/c1-10-9-11(15)3-4-13(10)14(16)7-5-12(17-2)6-8-14/h3-4,9,12,16H,5-8H2,1-2H3. The summed E-state index contributed by atoms with van der Waals surface area (Å²) in [7, 11) is 1.71. The van der Waals surface area contributed by atoms with Gasteiger partial charge in [-0.05, 0) is 55.9 Å². The third kappa shape index (κ3) is 2.50. The number of aryl methyl sites for hydroxylation is 1. The van der Waals surface area contributed by atoms with Crippen LogP contribution in [0.3, 0.4) is 0 Å². The van der Waals surface area contributed by atoms with E-state index in [1.807, 2.05) is 6.92 Å². The fraction of sp³-hybridized carbons (Fsp3) is 0.571. The summed E-state index contributed by atoms with van der Waals surface area (Å²) < 4.78 is 18.4. The minimum Gasteiger partial charge on any atom is -0.385 e. The highest BCUT2D eigenvalue weighted by molar-refractivity contribution is 5.32. The molecule has 0 heterocycles. The predicted octanol–water partition coefficient (Wildman–Crippen LogP) is 2.91. The molecule has 0 unspecified atom stereocenters. The number of halogens is 1. The molecule has 1 aromatic carbocycles. The summed E-state index contributed by atoms with van der Waals surface area (Å²) in [4.78, 5) is 0. The number of rotatable bonds is 2. The molecule has 0 atom stereocenters. The second-order valence-electron chi connectivity index (χ2n) is 4.93. The lowest BCUT2D eigenvalue weighted by Crippen LogP contribution is -2.34. The minimum absolute atomic E-state index is 0.246. The number of hydrogen-bond acceptors (Lipinski definition) is 2. The van der Waals surface area contributed by atoms with E-state index in [0.717, 1.165) is 24.0 Å². The van der Waals surface area contributed by atoms with Crippen molar-refractivity contribution in [2.75, 3.05) is 7.11 Å². The monoisotopic (exact) mass is 238 g/mol. The topological polar surface area (TPSA) is 29.5 Å². The zero-order valence-corrected chi connectivity index (χ0v) is 10.4. The number of ether oxygens (including phenoxy) is 1. The Morgan fingerprint density at radius 1 is 1.35 bits per heavy atom. The molecule has 94 valence electrons. The molecule has 1 N–H and O–H groups in total. The second kappa shape index (κ2) is 4.75. The Labute approximate surface area is 101 Å². The molecule has 0 spiro atoms. The van der Waals surface area contributed by atoms with Gasteiger partial charge in [0.25, 0.3) is 0 Å². The van der Waals surface area contributed by atoms with Crippen LogP contribution in [0.15, 0.2) is 18.2 Å². The Morgan fingerprint density at radius 2 is 2.00 bits per heavy atom. The van der Waals surface area contributed by atoms with Gasteiger partial charge in [-0.1, -0.05) is 6.07 Å². The van der Waals surface area contributed by atoms with E-state index >= 15 is 0 Å². The lowest BCUT2D eigenvalue weighted by molar-refractivity contribution is -0.0478. The quantitative estimate of drug-likeness (QED) is 0.858. The van der Waals surface area contributed by atoms with E-state index < -0.39 is 5.60 Å². The molecule has 1 fully saturated rings. The zero-order valence-electron chi connectivity index (χ0n) is 10.4. The Kier molecular flexibility index (Phi) is 3.50. The first-order valence-electron chi connectivity index (χ1n) is 6.07. The van der Waals surface area contributed by atoms with Crippen LogP contribution in [0.5, 0.6) is 0 Å². The van der Waals surface area contributed by atoms with Crippen molar-refractivity contribution < 1.29 is 14.2 Å². The molecular formula is C14H19FO2. The van der Waals surface area contributed by atoms with Gasteiger partial charge in [0.2, 0.25) is 0 Å². The van der Waals surface area contributed by atoms with Crippen molar-refractivity contribution >= 4 is 0 Å². The third-order valence-electron chi connectivity index (χ3n) is 3.78. The van der Waals surface area contributed by atoms with Crippen molar-refractivity contribution in [3.63, 3.8) is 0 Å². The molecule has 1 aliphatic rings. The fourth-order valence-corrected chi connectivity index (χ4v) is 2.72. The molecule has 3 heteroatoms. The highest BCUT2D eigenvalue weighted by Gasteiger charge is 2.35. The van der Waals surface area contributed by atoms with E-state index in [4.69, 9.17) is 4.74 Å². The van der Waals surface area contributed by atoms with Crippen molar-refractivity contribution in [3.8, 4) is 0 Å². The molecule has 0 amide bonds. The molecule has 1 saturated carbocycles. The molecule has 1 aliphatic carbocycles. The largest absolute Gasteiger partial charge is 0.385 e.